The van der Waals surface area contributed by atoms with Crippen molar-refractivity contribution in [3.05, 3.63) is 70.6 Å². The normalized spacial score (nSPS) is 14.6. The number of nitrogen functional groups attached to an aromatic ring is 1. The number of benzene rings is 2. The number of urea groups is 1. The minimum Gasteiger partial charge on any atom is -0.382 e. The van der Waals surface area contributed by atoms with Crippen molar-refractivity contribution in [2.45, 2.75) is 19.6 Å². The van der Waals surface area contributed by atoms with E-state index >= 15 is 0 Å². The molecule has 1 aliphatic rings. The van der Waals surface area contributed by atoms with Gasteiger partial charge >= 0.3 is 12.2 Å². The number of aromatic nitrogens is 3. The third-order valence-electron chi connectivity index (χ3n) is 6.74. The minimum absolute atomic E-state index is 0.0576. The van der Waals surface area contributed by atoms with E-state index in [9.17, 15) is 18.0 Å². The van der Waals surface area contributed by atoms with E-state index in [0.717, 1.165) is 58.6 Å². The maximum Gasteiger partial charge on any atom is 0.416 e. The lowest BCUT2D eigenvalue weighted by Crippen LogP contribution is -2.36. The molecule has 4 aromatic rings. The number of anilines is 3. The van der Waals surface area contributed by atoms with Gasteiger partial charge in [-0.25, -0.2) is 14.3 Å². The molecule has 9 nitrogen and oxygen atoms in total. The highest BCUT2D eigenvalue weighted by molar-refractivity contribution is 6.34. The van der Waals surface area contributed by atoms with Crippen LogP contribution in [0.25, 0.3) is 16.6 Å². The Morgan fingerprint density at radius 3 is 2.49 bits per heavy atom. The van der Waals surface area contributed by atoms with E-state index in [0.29, 0.717) is 31.1 Å². The Kier molecular flexibility index (Phi) is 7.10. The third kappa shape index (κ3) is 5.10. The van der Waals surface area contributed by atoms with E-state index in [4.69, 9.17) is 27.8 Å². The van der Waals surface area contributed by atoms with Gasteiger partial charge in [-0.05, 0) is 48.4 Å². The number of halogens is 4. The van der Waals surface area contributed by atoms with E-state index < -0.39 is 17.8 Å². The Morgan fingerprint density at radius 2 is 1.85 bits per heavy atom. The lowest BCUT2D eigenvalue weighted by atomic mass is 10.0. The first-order valence-electron chi connectivity index (χ1n) is 12.0. The summed E-state index contributed by atoms with van der Waals surface area (Å²) in [5, 5.41) is 4.39. The SMILES string of the molecule is Cc1c(-c2ccc(N(C(N)=O)c3cc(C(F)(F)F)ccc3Cl)cc2)c2c(N)ncnn2c1CN1CCOCC1. The van der Waals surface area contributed by atoms with Crippen LogP contribution in [0.1, 0.15) is 16.8 Å². The first-order valence-corrected chi connectivity index (χ1v) is 12.4. The van der Waals surface area contributed by atoms with Gasteiger partial charge in [-0.15, -0.1) is 0 Å². The van der Waals surface area contributed by atoms with Gasteiger partial charge in [-0.3, -0.25) is 9.80 Å². The van der Waals surface area contributed by atoms with Crippen LogP contribution in [-0.2, 0) is 17.5 Å². The topological polar surface area (TPSA) is 115 Å². The number of carbonyl (C=O) groups excluding carboxylic acids is 1. The van der Waals surface area contributed by atoms with Crippen molar-refractivity contribution in [1.29, 1.82) is 0 Å². The number of alkyl halides is 3. The number of hydrogen-bond acceptors (Lipinski definition) is 6. The quantitative estimate of drug-likeness (QED) is 0.355. The molecule has 1 saturated heterocycles. The molecule has 0 aliphatic carbocycles. The van der Waals surface area contributed by atoms with Gasteiger partial charge in [-0.2, -0.15) is 18.3 Å². The Morgan fingerprint density at radius 1 is 1.15 bits per heavy atom. The maximum atomic E-state index is 13.3. The summed E-state index contributed by atoms with van der Waals surface area (Å²) < 4.78 is 47.3. The summed E-state index contributed by atoms with van der Waals surface area (Å²) in [6, 6.07) is 8.38. The van der Waals surface area contributed by atoms with Gasteiger partial charge in [0.1, 0.15) is 11.8 Å². The first kappa shape index (κ1) is 26.7. The summed E-state index contributed by atoms with van der Waals surface area (Å²) >= 11 is 6.19. The number of hydrogen-bond donors (Lipinski definition) is 2. The zero-order valence-electron chi connectivity index (χ0n) is 20.9. The van der Waals surface area contributed by atoms with Crippen molar-refractivity contribution in [3.8, 4) is 11.1 Å². The van der Waals surface area contributed by atoms with E-state index in [1.165, 1.54) is 6.33 Å². The molecule has 2 aromatic carbocycles. The fraction of sp³-hybridized carbons (Fsp3) is 0.269. The van der Waals surface area contributed by atoms with Gasteiger partial charge in [-0.1, -0.05) is 23.7 Å². The van der Waals surface area contributed by atoms with E-state index in [-0.39, 0.29) is 16.4 Å². The number of ether oxygens (including phenoxy) is 1. The number of amides is 2. The molecule has 0 radical (unpaired) electrons. The molecule has 13 heteroatoms. The molecule has 0 bridgehead atoms. The molecule has 1 aliphatic heterocycles. The fourth-order valence-corrected chi connectivity index (χ4v) is 5.02. The van der Waals surface area contributed by atoms with Crippen LogP contribution in [-0.4, -0.2) is 51.8 Å². The lowest BCUT2D eigenvalue weighted by Gasteiger charge is -2.26. The molecule has 5 rings (SSSR count). The molecule has 1 fully saturated rings. The summed E-state index contributed by atoms with van der Waals surface area (Å²) in [6.45, 7) is 5.50. The van der Waals surface area contributed by atoms with Crippen molar-refractivity contribution in [1.82, 2.24) is 19.5 Å². The second kappa shape index (κ2) is 10.4. The van der Waals surface area contributed by atoms with Crippen LogP contribution < -0.4 is 16.4 Å². The molecule has 0 spiro atoms. The third-order valence-corrected chi connectivity index (χ3v) is 7.06. The van der Waals surface area contributed by atoms with Gasteiger partial charge in [0.05, 0.1) is 40.9 Å². The zero-order chi connectivity index (χ0) is 27.9. The van der Waals surface area contributed by atoms with Crippen LogP contribution in [0.5, 0.6) is 0 Å². The summed E-state index contributed by atoms with van der Waals surface area (Å²) in [6.07, 6.45) is -3.22. The number of nitrogens with two attached hydrogens (primary N) is 2. The van der Waals surface area contributed by atoms with E-state index in [2.05, 4.69) is 15.0 Å². The molecule has 0 atom stereocenters. The number of rotatable bonds is 5. The van der Waals surface area contributed by atoms with Gasteiger partial charge in [0.15, 0.2) is 5.82 Å². The number of morpholine rings is 1. The number of nitrogens with zero attached hydrogens (tertiary/aromatic N) is 5. The predicted octanol–water partition coefficient (Wildman–Crippen LogP) is 5.01. The molecule has 0 unspecified atom stereocenters. The van der Waals surface area contributed by atoms with Crippen LogP contribution in [0.4, 0.5) is 35.2 Å². The molecule has 2 aromatic heterocycles. The molecule has 2 amide bonds. The predicted molar refractivity (Wildman–Crippen MR) is 142 cm³/mol. The highest BCUT2D eigenvalue weighted by Gasteiger charge is 2.32. The van der Waals surface area contributed by atoms with Crippen molar-refractivity contribution in [3.63, 3.8) is 0 Å². The van der Waals surface area contributed by atoms with Crippen LogP contribution in [0.2, 0.25) is 5.02 Å². The van der Waals surface area contributed by atoms with E-state index in [1.54, 1.807) is 28.8 Å². The van der Waals surface area contributed by atoms with Crippen LogP contribution in [0.3, 0.4) is 0 Å². The van der Waals surface area contributed by atoms with Gasteiger partial charge in [0.25, 0.3) is 0 Å². The van der Waals surface area contributed by atoms with Crippen molar-refractivity contribution in [2.24, 2.45) is 5.73 Å². The number of primary amides is 1. The number of carbonyl (C=O) groups is 1. The largest absolute Gasteiger partial charge is 0.416 e. The smallest absolute Gasteiger partial charge is 0.382 e. The average Bonchev–Trinajstić information content (AvgIpc) is 3.18. The van der Waals surface area contributed by atoms with Crippen LogP contribution in [0.15, 0.2) is 48.8 Å². The average molecular weight is 560 g/mol. The summed E-state index contributed by atoms with van der Waals surface area (Å²) in [5.41, 5.74) is 15.1. The highest BCUT2D eigenvalue weighted by Crippen LogP contribution is 2.40. The highest BCUT2D eigenvalue weighted by atomic mass is 35.5. The fourth-order valence-electron chi connectivity index (χ4n) is 4.82. The molecule has 204 valence electrons. The van der Waals surface area contributed by atoms with Gasteiger partial charge in [0.2, 0.25) is 0 Å². The van der Waals surface area contributed by atoms with Crippen molar-refractivity contribution < 1.29 is 22.7 Å². The molecule has 39 heavy (non-hydrogen) atoms. The molecular weight excluding hydrogens is 535 g/mol. The molecule has 4 N–H and O–H groups in total. The Bertz CT molecular complexity index is 1530. The summed E-state index contributed by atoms with van der Waals surface area (Å²) in [4.78, 5) is 19.8. The van der Waals surface area contributed by atoms with Crippen molar-refractivity contribution in [2.75, 3.05) is 36.9 Å². The lowest BCUT2D eigenvalue weighted by molar-refractivity contribution is -0.137. The molecule has 0 saturated carbocycles. The minimum atomic E-state index is -4.62. The maximum absolute atomic E-state index is 13.3. The summed E-state index contributed by atoms with van der Waals surface area (Å²) in [5.74, 6) is 0.301. The van der Waals surface area contributed by atoms with Crippen LogP contribution in [0, 0.1) is 6.92 Å². The standard InChI is InChI=1S/C26H25ClF3N7O2/c1-15-21(13-35-8-10-39-11-9-35)37-23(24(31)33-14-34-37)22(15)16-2-5-18(6-3-16)36(25(32)38)20-12-17(26(28,29)30)4-7-19(20)27/h2-7,12,14H,8-11,13H2,1H3,(H2,32,38)(H2,31,33,34). The van der Waals surface area contributed by atoms with E-state index in [1.807, 2.05) is 6.92 Å². The molecular formula is C26H25ClF3N7O2. The van der Waals surface area contributed by atoms with Crippen molar-refractivity contribution >= 4 is 40.3 Å². The van der Waals surface area contributed by atoms with Crippen LogP contribution >= 0.6 is 11.6 Å². The monoisotopic (exact) mass is 559 g/mol. The molecule has 3 heterocycles. The Labute approximate surface area is 226 Å². The Hall–Kier alpha value is -3.87. The Balaban J connectivity index is 1.57. The zero-order valence-corrected chi connectivity index (χ0v) is 21.6. The first-order chi connectivity index (χ1) is 18.6. The van der Waals surface area contributed by atoms with Gasteiger partial charge < -0.3 is 16.2 Å². The second-order valence-electron chi connectivity index (χ2n) is 9.13. The second-order valence-corrected chi connectivity index (χ2v) is 9.53. The van der Waals surface area contributed by atoms with Gasteiger partial charge in [0, 0.05) is 25.2 Å². The number of fused-ring (bicyclic) bond motifs is 1. The summed E-state index contributed by atoms with van der Waals surface area (Å²) in [7, 11) is 0.